The normalized spacial score (nSPS) is 15.9. The van der Waals surface area contributed by atoms with Crippen LogP contribution in [0.3, 0.4) is 0 Å². The molecule has 0 radical (unpaired) electrons. The van der Waals surface area contributed by atoms with Crippen molar-refractivity contribution in [2.45, 2.75) is 72.0 Å². The van der Waals surface area contributed by atoms with Crippen molar-refractivity contribution in [3.8, 4) is 0 Å². The highest BCUT2D eigenvalue weighted by molar-refractivity contribution is 6.71. The van der Waals surface area contributed by atoms with Gasteiger partial charge in [-0.25, -0.2) is 0 Å². The zero-order chi connectivity index (χ0) is 19.2. The fourth-order valence-corrected chi connectivity index (χ4v) is 4.43. The molecule has 2 atom stereocenters. The Kier molecular flexibility index (Phi) is 9.63. The molecule has 0 rings (SSSR count). The van der Waals surface area contributed by atoms with Gasteiger partial charge in [-0.3, -0.25) is 4.79 Å². The Balaban J connectivity index is 4.42. The summed E-state index contributed by atoms with van der Waals surface area (Å²) in [6.07, 6.45) is -0.0800. The maximum absolute atomic E-state index is 12.0. The molecule has 0 amide bonds. The highest BCUT2D eigenvalue weighted by Crippen LogP contribution is 2.13. The molecule has 0 spiro atoms. The largest absolute Gasteiger partial charge is 0.520 e. The summed E-state index contributed by atoms with van der Waals surface area (Å²) in [6, 6.07) is 0. The van der Waals surface area contributed by atoms with Gasteiger partial charge < -0.3 is 18.0 Å². The Morgan fingerprint density at radius 3 is 1.75 bits per heavy atom. The molecule has 0 heterocycles. The quantitative estimate of drug-likeness (QED) is 0.494. The fourth-order valence-electron chi connectivity index (χ4n) is 1.81. The maximum atomic E-state index is 12.0. The number of ether oxygens (including phenoxy) is 1. The van der Waals surface area contributed by atoms with Gasteiger partial charge in [-0.15, -0.1) is 0 Å². The number of hydrogen-bond acceptors (Lipinski definition) is 5. The maximum Gasteiger partial charge on any atom is 0.297 e. The van der Waals surface area contributed by atoms with E-state index in [1.165, 1.54) is 0 Å². The summed E-state index contributed by atoms with van der Waals surface area (Å²) in [5, 5.41) is 0. The Labute approximate surface area is 151 Å². The van der Waals surface area contributed by atoms with Gasteiger partial charge in [0.1, 0.15) is 0 Å². The Morgan fingerprint density at radius 2 is 1.33 bits per heavy atom. The van der Waals surface area contributed by atoms with Crippen LogP contribution in [0.2, 0.25) is 58.9 Å². The van der Waals surface area contributed by atoms with Gasteiger partial charge in [-0.2, -0.15) is 0 Å². The minimum atomic E-state index is -1.85. The average Bonchev–Trinajstić information content (AvgIpc) is 2.30. The van der Waals surface area contributed by atoms with Crippen molar-refractivity contribution in [3.63, 3.8) is 0 Å². The molecule has 0 aliphatic carbocycles. The lowest BCUT2D eigenvalue weighted by Crippen LogP contribution is -2.41. The molecule has 0 aromatic heterocycles. The molecule has 8 heteroatoms. The lowest BCUT2D eigenvalue weighted by atomic mass is 10.2. The van der Waals surface area contributed by atoms with Gasteiger partial charge in [-0.1, -0.05) is 0 Å². The lowest BCUT2D eigenvalue weighted by molar-refractivity contribution is -0.141. The second-order valence-electron chi connectivity index (χ2n) is 9.25. The Morgan fingerprint density at radius 1 is 0.792 bits per heavy atom. The van der Waals surface area contributed by atoms with E-state index in [0.717, 1.165) is 0 Å². The van der Waals surface area contributed by atoms with Crippen molar-refractivity contribution >= 4 is 30.9 Å². The zero-order valence-corrected chi connectivity index (χ0v) is 20.3. The van der Waals surface area contributed by atoms with Crippen LogP contribution < -0.4 is 0 Å². The number of hydrogen-bond donors (Lipinski definition) is 0. The standard InChI is InChI=1S/C16H38O5Si3/c1-14(16(17)21-24(8,9)10)11-18-12-15(20-23(5,6)7)13-19-22(2,3)4/h14-15H,11-13H2,1-10H3/t14-,15+/m0/s1. The van der Waals surface area contributed by atoms with E-state index >= 15 is 0 Å². The van der Waals surface area contributed by atoms with E-state index in [1.54, 1.807) is 0 Å². The number of rotatable bonds is 11. The van der Waals surface area contributed by atoms with Crippen LogP contribution in [0.15, 0.2) is 0 Å². The first-order valence-electron chi connectivity index (χ1n) is 8.71. The molecule has 0 N–H and O–H groups in total. The summed E-state index contributed by atoms with van der Waals surface area (Å²) >= 11 is 0. The molecule has 0 aromatic carbocycles. The van der Waals surface area contributed by atoms with Crippen LogP contribution in [0.25, 0.3) is 0 Å². The van der Waals surface area contributed by atoms with Crippen LogP contribution in [0.1, 0.15) is 6.92 Å². The third kappa shape index (κ3) is 14.4. The Hall–Kier alpha value is 0.000649. The first-order valence-corrected chi connectivity index (χ1v) is 18.9. The van der Waals surface area contributed by atoms with Crippen LogP contribution in [0.4, 0.5) is 0 Å². The fraction of sp³-hybridized carbons (Fsp3) is 0.938. The van der Waals surface area contributed by atoms with E-state index in [2.05, 4.69) is 39.3 Å². The van der Waals surface area contributed by atoms with E-state index < -0.39 is 25.0 Å². The van der Waals surface area contributed by atoms with Gasteiger partial charge in [-0.05, 0) is 65.8 Å². The van der Waals surface area contributed by atoms with Crippen molar-refractivity contribution in [2.24, 2.45) is 5.92 Å². The van der Waals surface area contributed by atoms with E-state index in [-0.39, 0.29) is 18.0 Å². The summed E-state index contributed by atoms with van der Waals surface area (Å²) in [5.74, 6) is -0.433. The molecule has 24 heavy (non-hydrogen) atoms. The minimum absolute atomic E-state index is 0.0800. The summed E-state index contributed by atoms with van der Waals surface area (Å²) in [4.78, 5) is 12.0. The monoisotopic (exact) mass is 394 g/mol. The molecular formula is C16H38O5Si3. The third-order valence-corrected chi connectivity index (χ3v) is 5.59. The predicted molar refractivity (Wildman–Crippen MR) is 107 cm³/mol. The molecule has 0 aliphatic rings. The molecular weight excluding hydrogens is 356 g/mol. The van der Waals surface area contributed by atoms with Crippen LogP contribution in [0.5, 0.6) is 0 Å². The highest BCUT2D eigenvalue weighted by Gasteiger charge is 2.26. The summed E-state index contributed by atoms with van der Waals surface area (Å²) in [5.41, 5.74) is 0. The van der Waals surface area contributed by atoms with Gasteiger partial charge in [0, 0.05) is 0 Å². The molecule has 0 saturated carbocycles. The smallest absolute Gasteiger partial charge is 0.297 e. The van der Waals surface area contributed by atoms with Crippen molar-refractivity contribution < 1.29 is 22.8 Å². The van der Waals surface area contributed by atoms with Crippen LogP contribution in [-0.4, -0.2) is 56.8 Å². The summed E-state index contributed by atoms with van der Waals surface area (Å²) in [7, 11) is -5.12. The second kappa shape index (κ2) is 9.63. The topological polar surface area (TPSA) is 54.0 Å². The van der Waals surface area contributed by atoms with Crippen molar-refractivity contribution in [2.75, 3.05) is 19.8 Å². The van der Waals surface area contributed by atoms with Crippen molar-refractivity contribution in [1.29, 1.82) is 0 Å². The molecule has 0 aliphatic heterocycles. The van der Waals surface area contributed by atoms with E-state index in [0.29, 0.717) is 19.8 Å². The zero-order valence-electron chi connectivity index (χ0n) is 17.3. The second-order valence-corrected chi connectivity index (χ2v) is 22.7. The molecule has 144 valence electrons. The predicted octanol–water partition coefficient (Wildman–Crippen LogP) is 4.09. The summed E-state index contributed by atoms with van der Waals surface area (Å²) < 4.78 is 23.4. The molecule has 0 fully saturated rings. The van der Waals surface area contributed by atoms with Gasteiger partial charge in [0.2, 0.25) is 8.32 Å². The number of carbonyl (C=O) groups is 1. The van der Waals surface area contributed by atoms with Crippen LogP contribution >= 0.6 is 0 Å². The minimum Gasteiger partial charge on any atom is -0.520 e. The van der Waals surface area contributed by atoms with E-state index in [4.69, 9.17) is 18.0 Å². The van der Waals surface area contributed by atoms with E-state index in [9.17, 15) is 4.79 Å². The third-order valence-electron chi connectivity index (χ3n) is 2.70. The first-order chi connectivity index (χ1) is 10.6. The SMILES string of the molecule is C[C@@H](COC[C@H](CO[Si](C)(C)C)O[Si](C)(C)C)C(=O)O[Si](C)(C)C. The van der Waals surface area contributed by atoms with Gasteiger partial charge >= 0.3 is 0 Å². The average molecular weight is 395 g/mol. The molecule has 0 unspecified atom stereocenters. The number of carbonyl (C=O) groups excluding carboxylic acids is 1. The van der Waals surface area contributed by atoms with E-state index in [1.807, 2.05) is 26.6 Å². The van der Waals surface area contributed by atoms with Crippen LogP contribution in [0, 0.1) is 5.92 Å². The first kappa shape index (κ1) is 24.0. The Bertz CT molecular complexity index is 383. The van der Waals surface area contributed by atoms with Crippen molar-refractivity contribution in [3.05, 3.63) is 0 Å². The molecule has 5 nitrogen and oxygen atoms in total. The van der Waals surface area contributed by atoms with Crippen molar-refractivity contribution in [1.82, 2.24) is 0 Å². The van der Waals surface area contributed by atoms with Gasteiger partial charge in [0.25, 0.3) is 5.97 Å². The molecule has 0 bridgehead atoms. The van der Waals surface area contributed by atoms with Gasteiger partial charge in [0.15, 0.2) is 16.6 Å². The van der Waals surface area contributed by atoms with Crippen LogP contribution in [-0.2, 0) is 22.8 Å². The lowest BCUT2D eigenvalue weighted by Gasteiger charge is -2.29. The summed E-state index contributed by atoms with van der Waals surface area (Å²) in [6.45, 7) is 22.1. The highest BCUT2D eigenvalue weighted by atomic mass is 28.4. The molecule has 0 aromatic rings. The molecule has 0 saturated heterocycles. The van der Waals surface area contributed by atoms with Gasteiger partial charge in [0.05, 0.1) is 31.8 Å².